The van der Waals surface area contributed by atoms with E-state index in [1.807, 2.05) is 22.7 Å². The molecule has 0 bridgehead atoms. The van der Waals surface area contributed by atoms with Crippen LogP contribution in [0.2, 0.25) is 0 Å². The molecule has 0 amide bonds. The van der Waals surface area contributed by atoms with E-state index < -0.39 is 0 Å². The van der Waals surface area contributed by atoms with Gasteiger partial charge in [0.2, 0.25) is 5.82 Å². The van der Waals surface area contributed by atoms with Crippen molar-refractivity contribution in [2.45, 2.75) is 40.0 Å². The number of H-pyrrole nitrogens is 1. The van der Waals surface area contributed by atoms with Gasteiger partial charge in [-0.2, -0.15) is 20.3 Å². The number of nitrogens with zero attached hydrogens (tertiary/aromatic N) is 8. The van der Waals surface area contributed by atoms with Gasteiger partial charge in [0.15, 0.2) is 0 Å². The van der Waals surface area contributed by atoms with E-state index in [1.54, 1.807) is 6.33 Å². The first-order chi connectivity index (χ1) is 17.2. The summed E-state index contributed by atoms with van der Waals surface area (Å²) in [5, 5.41) is 19.1. The normalized spacial score (nSPS) is 11.3. The lowest BCUT2D eigenvalue weighted by Crippen LogP contribution is -2.26. The number of fused-ring (bicyclic) bond motifs is 1. The molecule has 0 aliphatic rings. The summed E-state index contributed by atoms with van der Waals surface area (Å²) in [5.74, 6) is 2.25. The van der Waals surface area contributed by atoms with Gasteiger partial charge in [-0.25, -0.2) is 4.52 Å². The second-order valence-electron chi connectivity index (χ2n) is 8.41. The molecule has 0 fully saturated rings. The standard InChI is InChI=1S/C26H29N9/c1-4-9-23-22(25(34(5-2)6-3)29-26-27-17-28-35(23)26)16-18-12-14-19(15-13-18)20-10-7-8-11-21(20)24-30-32-33-31-24/h7-8,10-15,17H,4-6,9,16H2,1-3H3,(H,30,31,32,33). The lowest BCUT2D eigenvalue weighted by atomic mass is 9.96. The fourth-order valence-electron chi connectivity index (χ4n) is 4.59. The molecule has 0 unspecified atom stereocenters. The second kappa shape index (κ2) is 10.0. The van der Waals surface area contributed by atoms with Crippen LogP contribution < -0.4 is 4.90 Å². The minimum absolute atomic E-state index is 0.588. The molecule has 0 radical (unpaired) electrons. The van der Waals surface area contributed by atoms with Crippen LogP contribution in [0.1, 0.15) is 44.0 Å². The van der Waals surface area contributed by atoms with E-state index in [2.05, 4.69) is 86.7 Å². The summed E-state index contributed by atoms with van der Waals surface area (Å²) in [4.78, 5) is 11.6. The van der Waals surface area contributed by atoms with E-state index in [1.165, 1.54) is 16.8 Å². The van der Waals surface area contributed by atoms with E-state index in [-0.39, 0.29) is 0 Å². The average molecular weight is 468 g/mol. The summed E-state index contributed by atoms with van der Waals surface area (Å²) in [5.41, 5.74) is 6.75. The molecule has 5 aromatic rings. The minimum atomic E-state index is 0.588. The van der Waals surface area contributed by atoms with Gasteiger partial charge in [-0.05, 0) is 42.2 Å². The summed E-state index contributed by atoms with van der Waals surface area (Å²) in [6.45, 7) is 8.30. The first-order valence-electron chi connectivity index (χ1n) is 12.1. The van der Waals surface area contributed by atoms with Crippen LogP contribution in [0, 0.1) is 0 Å². The first-order valence-corrected chi connectivity index (χ1v) is 12.1. The Kier molecular flexibility index (Phi) is 6.47. The number of hydrogen-bond acceptors (Lipinski definition) is 7. The number of benzene rings is 2. The summed E-state index contributed by atoms with van der Waals surface area (Å²) >= 11 is 0. The summed E-state index contributed by atoms with van der Waals surface area (Å²) in [6, 6.07) is 16.8. The molecule has 0 aliphatic carbocycles. The highest BCUT2D eigenvalue weighted by Gasteiger charge is 2.20. The highest BCUT2D eigenvalue weighted by atomic mass is 15.5. The van der Waals surface area contributed by atoms with Crippen LogP contribution in [0.3, 0.4) is 0 Å². The van der Waals surface area contributed by atoms with Crippen molar-refractivity contribution in [1.29, 1.82) is 0 Å². The Labute approximate surface area is 204 Å². The zero-order valence-corrected chi connectivity index (χ0v) is 20.3. The number of tetrazole rings is 1. The van der Waals surface area contributed by atoms with E-state index in [0.29, 0.717) is 11.6 Å². The smallest absolute Gasteiger partial charge is 0.254 e. The summed E-state index contributed by atoms with van der Waals surface area (Å²) < 4.78 is 1.90. The van der Waals surface area contributed by atoms with Crippen molar-refractivity contribution in [2.75, 3.05) is 18.0 Å². The maximum absolute atomic E-state index is 4.91. The summed E-state index contributed by atoms with van der Waals surface area (Å²) in [6.07, 6.45) is 4.31. The molecule has 178 valence electrons. The van der Waals surface area contributed by atoms with Gasteiger partial charge >= 0.3 is 0 Å². The Morgan fingerprint density at radius 1 is 0.943 bits per heavy atom. The highest BCUT2D eigenvalue weighted by Crippen LogP contribution is 2.31. The van der Waals surface area contributed by atoms with E-state index >= 15 is 0 Å². The molecule has 0 saturated heterocycles. The van der Waals surface area contributed by atoms with E-state index in [9.17, 15) is 0 Å². The number of aromatic nitrogens is 8. The van der Waals surface area contributed by atoms with E-state index in [0.717, 1.165) is 54.9 Å². The fraction of sp³-hybridized carbons (Fsp3) is 0.308. The van der Waals surface area contributed by atoms with Crippen molar-refractivity contribution < 1.29 is 0 Å². The largest absolute Gasteiger partial charge is 0.357 e. The van der Waals surface area contributed by atoms with Crippen molar-refractivity contribution in [2.24, 2.45) is 0 Å². The molecule has 0 atom stereocenters. The third-order valence-corrected chi connectivity index (χ3v) is 6.32. The first kappa shape index (κ1) is 22.6. The molecule has 3 heterocycles. The van der Waals surface area contributed by atoms with Crippen LogP contribution in [0.4, 0.5) is 5.82 Å². The van der Waals surface area contributed by atoms with Gasteiger partial charge in [-0.3, -0.25) is 0 Å². The molecule has 0 saturated carbocycles. The summed E-state index contributed by atoms with van der Waals surface area (Å²) in [7, 11) is 0. The van der Waals surface area contributed by atoms with Gasteiger partial charge in [-0.1, -0.05) is 61.9 Å². The molecule has 0 spiro atoms. The van der Waals surface area contributed by atoms with Crippen LogP contribution in [0.5, 0.6) is 0 Å². The third-order valence-electron chi connectivity index (χ3n) is 6.32. The van der Waals surface area contributed by atoms with Crippen molar-refractivity contribution >= 4 is 11.6 Å². The molecule has 9 heteroatoms. The Morgan fingerprint density at radius 3 is 2.40 bits per heavy atom. The maximum Gasteiger partial charge on any atom is 0.254 e. The lowest BCUT2D eigenvalue weighted by Gasteiger charge is -2.25. The van der Waals surface area contributed by atoms with Gasteiger partial charge in [0, 0.05) is 30.6 Å². The predicted octanol–water partition coefficient (Wildman–Crippen LogP) is 4.36. The molecule has 0 aliphatic heterocycles. The van der Waals surface area contributed by atoms with Crippen LogP contribution >= 0.6 is 0 Å². The van der Waals surface area contributed by atoms with Gasteiger partial charge < -0.3 is 4.90 Å². The van der Waals surface area contributed by atoms with Crippen LogP contribution in [-0.2, 0) is 12.8 Å². The maximum atomic E-state index is 4.91. The fourth-order valence-corrected chi connectivity index (χ4v) is 4.59. The molecule has 5 rings (SSSR count). The van der Waals surface area contributed by atoms with Gasteiger partial charge in [0.1, 0.15) is 12.1 Å². The van der Waals surface area contributed by atoms with Crippen molar-refractivity contribution in [3.05, 3.63) is 71.7 Å². The lowest BCUT2D eigenvalue weighted by molar-refractivity contribution is 0.758. The average Bonchev–Trinajstić information content (AvgIpc) is 3.60. The zero-order valence-electron chi connectivity index (χ0n) is 20.3. The number of nitrogens with one attached hydrogen (secondary N) is 1. The molecule has 9 nitrogen and oxygen atoms in total. The minimum Gasteiger partial charge on any atom is -0.357 e. The highest BCUT2D eigenvalue weighted by molar-refractivity contribution is 5.80. The van der Waals surface area contributed by atoms with E-state index in [4.69, 9.17) is 4.98 Å². The number of aryl methyl sites for hydroxylation is 1. The quantitative estimate of drug-likeness (QED) is 0.344. The molecule has 1 N–H and O–H groups in total. The number of anilines is 1. The molecule has 35 heavy (non-hydrogen) atoms. The SMILES string of the molecule is CCCc1c(Cc2ccc(-c3ccccc3-c3nn[nH]n3)cc2)c(N(CC)CC)nc2ncnn12. The van der Waals surface area contributed by atoms with Crippen LogP contribution in [0.15, 0.2) is 54.9 Å². The molecule has 2 aromatic carbocycles. The van der Waals surface area contributed by atoms with Crippen molar-refractivity contribution in [3.8, 4) is 22.5 Å². The van der Waals surface area contributed by atoms with Crippen LogP contribution in [-0.4, -0.2) is 53.3 Å². The zero-order chi connectivity index (χ0) is 24.2. The predicted molar refractivity (Wildman–Crippen MR) is 136 cm³/mol. The Morgan fingerprint density at radius 2 is 1.71 bits per heavy atom. The third kappa shape index (κ3) is 4.37. The number of aromatic amines is 1. The van der Waals surface area contributed by atoms with Crippen LogP contribution in [0.25, 0.3) is 28.3 Å². The molecular weight excluding hydrogens is 438 g/mol. The monoisotopic (exact) mass is 467 g/mol. The Hall–Kier alpha value is -4.14. The van der Waals surface area contributed by atoms with Crippen molar-refractivity contribution in [3.63, 3.8) is 0 Å². The molecule has 3 aromatic heterocycles. The topological polar surface area (TPSA) is 101 Å². The Balaban J connectivity index is 1.54. The van der Waals surface area contributed by atoms with Gasteiger partial charge in [0.05, 0.1) is 5.69 Å². The number of rotatable bonds is 9. The Bertz CT molecular complexity index is 1400. The molecular formula is C26H29N9. The van der Waals surface area contributed by atoms with Crippen molar-refractivity contribution in [1.82, 2.24) is 40.2 Å². The van der Waals surface area contributed by atoms with Gasteiger partial charge in [-0.15, -0.1) is 10.2 Å². The second-order valence-corrected chi connectivity index (χ2v) is 8.41. The van der Waals surface area contributed by atoms with Gasteiger partial charge in [0.25, 0.3) is 5.78 Å². The number of hydrogen-bond donors (Lipinski definition) is 1.